The number of rotatable bonds is 7. The van der Waals surface area contributed by atoms with Crippen molar-refractivity contribution in [2.75, 3.05) is 7.11 Å². The van der Waals surface area contributed by atoms with E-state index in [0.717, 1.165) is 11.3 Å². The minimum Gasteiger partial charge on any atom is -0.497 e. The molecular formula is C21H27NO3. The molecule has 2 atom stereocenters. The standard InChI is InChI=1S/C21H27NO3/c1-6-20(25-19-11-9-18(24-5)10-12-19)21(23)22-16(4)17-8-7-14(2)15(3)13-17/h7-13,16,20H,6H2,1-5H3,(H,22,23). The van der Waals surface area contributed by atoms with Crippen LogP contribution in [0.3, 0.4) is 0 Å². The average molecular weight is 341 g/mol. The molecule has 0 aliphatic heterocycles. The molecule has 0 aromatic heterocycles. The Kier molecular flexibility index (Phi) is 6.45. The molecule has 2 unspecified atom stereocenters. The van der Waals surface area contributed by atoms with Crippen LogP contribution < -0.4 is 14.8 Å². The Morgan fingerprint density at radius 2 is 1.68 bits per heavy atom. The van der Waals surface area contributed by atoms with Gasteiger partial charge in [-0.05, 0) is 68.1 Å². The lowest BCUT2D eigenvalue weighted by molar-refractivity contribution is -0.128. The van der Waals surface area contributed by atoms with Gasteiger partial charge in [-0.25, -0.2) is 0 Å². The average Bonchev–Trinajstić information content (AvgIpc) is 2.62. The first-order valence-electron chi connectivity index (χ1n) is 8.62. The zero-order valence-electron chi connectivity index (χ0n) is 15.6. The Labute approximate surface area is 150 Å². The number of carbonyl (C=O) groups is 1. The normalized spacial score (nSPS) is 13.0. The number of hydrogen-bond donors (Lipinski definition) is 1. The Morgan fingerprint density at radius 1 is 1.04 bits per heavy atom. The number of benzene rings is 2. The summed E-state index contributed by atoms with van der Waals surface area (Å²) in [7, 11) is 1.62. The monoisotopic (exact) mass is 341 g/mol. The van der Waals surface area contributed by atoms with E-state index in [0.29, 0.717) is 12.2 Å². The summed E-state index contributed by atoms with van der Waals surface area (Å²) in [6.45, 7) is 8.09. The maximum atomic E-state index is 12.6. The lowest BCUT2D eigenvalue weighted by Crippen LogP contribution is -2.39. The molecule has 4 nitrogen and oxygen atoms in total. The highest BCUT2D eigenvalue weighted by molar-refractivity contribution is 5.81. The molecule has 4 heteroatoms. The number of nitrogens with one attached hydrogen (secondary N) is 1. The van der Waals surface area contributed by atoms with Gasteiger partial charge in [-0.1, -0.05) is 25.1 Å². The van der Waals surface area contributed by atoms with Gasteiger partial charge in [0, 0.05) is 0 Å². The van der Waals surface area contributed by atoms with Crippen molar-refractivity contribution in [2.24, 2.45) is 0 Å². The summed E-state index contributed by atoms with van der Waals surface area (Å²) in [6, 6.07) is 13.4. The van der Waals surface area contributed by atoms with Crippen molar-refractivity contribution < 1.29 is 14.3 Å². The van der Waals surface area contributed by atoms with Crippen molar-refractivity contribution in [1.82, 2.24) is 5.32 Å². The van der Waals surface area contributed by atoms with Crippen LogP contribution in [0.25, 0.3) is 0 Å². The molecule has 2 aromatic carbocycles. The van der Waals surface area contributed by atoms with Crippen molar-refractivity contribution in [3.8, 4) is 11.5 Å². The third-order valence-corrected chi connectivity index (χ3v) is 4.39. The summed E-state index contributed by atoms with van der Waals surface area (Å²) < 4.78 is 11.0. The molecule has 2 rings (SSSR count). The molecule has 0 fully saturated rings. The lowest BCUT2D eigenvalue weighted by Gasteiger charge is -2.21. The van der Waals surface area contributed by atoms with Crippen LogP contribution >= 0.6 is 0 Å². The van der Waals surface area contributed by atoms with E-state index in [2.05, 4.69) is 37.4 Å². The summed E-state index contributed by atoms with van der Waals surface area (Å²) in [5.74, 6) is 1.30. The number of carbonyl (C=O) groups excluding carboxylic acids is 1. The van der Waals surface area contributed by atoms with Crippen LogP contribution in [0.2, 0.25) is 0 Å². The largest absolute Gasteiger partial charge is 0.497 e. The topological polar surface area (TPSA) is 47.6 Å². The Balaban J connectivity index is 2.01. The van der Waals surface area contributed by atoms with E-state index in [1.54, 1.807) is 7.11 Å². The number of methoxy groups -OCH3 is 1. The second-order valence-electron chi connectivity index (χ2n) is 6.26. The first-order chi connectivity index (χ1) is 11.9. The van der Waals surface area contributed by atoms with E-state index in [1.807, 2.05) is 38.1 Å². The van der Waals surface area contributed by atoms with Crippen LogP contribution in [0.15, 0.2) is 42.5 Å². The lowest BCUT2D eigenvalue weighted by atomic mass is 10.0. The van der Waals surface area contributed by atoms with Gasteiger partial charge in [-0.2, -0.15) is 0 Å². The SMILES string of the molecule is CCC(Oc1ccc(OC)cc1)C(=O)NC(C)c1ccc(C)c(C)c1. The number of amides is 1. The van der Waals surface area contributed by atoms with Crippen molar-refractivity contribution in [1.29, 1.82) is 0 Å². The van der Waals surface area contributed by atoms with Gasteiger partial charge in [0.25, 0.3) is 5.91 Å². The highest BCUT2D eigenvalue weighted by atomic mass is 16.5. The number of aryl methyl sites for hydroxylation is 2. The smallest absolute Gasteiger partial charge is 0.261 e. The molecule has 2 aromatic rings. The zero-order valence-corrected chi connectivity index (χ0v) is 15.6. The molecule has 0 aliphatic carbocycles. The molecule has 134 valence electrons. The van der Waals surface area contributed by atoms with Crippen molar-refractivity contribution in [3.05, 3.63) is 59.2 Å². The predicted octanol–water partition coefficient (Wildman–Crippen LogP) is 4.35. The molecule has 0 saturated carbocycles. The van der Waals surface area contributed by atoms with Gasteiger partial charge in [-0.15, -0.1) is 0 Å². The Morgan fingerprint density at radius 3 is 2.24 bits per heavy atom. The minimum absolute atomic E-state index is 0.0692. The summed E-state index contributed by atoms with van der Waals surface area (Å²) in [5, 5.41) is 3.05. The maximum Gasteiger partial charge on any atom is 0.261 e. The summed E-state index contributed by atoms with van der Waals surface area (Å²) >= 11 is 0. The van der Waals surface area contributed by atoms with Crippen LogP contribution in [-0.2, 0) is 4.79 Å². The van der Waals surface area contributed by atoms with Gasteiger partial charge in [0.05, 0.1) is 13.2 Å². The maximum absolute atomic E-state index is 12.6. The fourth-order valence-corrected chi connectivity index (χ4v) is 2.56. The Hall–Kier alpha value is -2.49. The van der Waals surface area contributed by atoms with Gasteiger partial charge >= 0.3 is 0 Å². The first kappa shape index (κ1) is 18.8. The second-order valence-corrected chi connectivity index (χ2v) is 6.26. The van der Waals surface area contributed by atoms with Crippen LogP contribution in [0.4, 0.5) is 0 Å². The highest BCUT2D eigenvalue weighted by Crippen LogP contribution is 2.20. The van der Waals surface area contributed by atoms with Gasteiger partial charge in [0.2, 0.25) is 0 Å². The van der Waals surface area contributed by atoms with E-state index < -0.39 is 6.10 Å². The molecule has 0 bridgehead atoms. The van der Waals surface area contributed by atoms with Gasteiger partial charge in [-0.3, -0.25) is 4.79 Å². The van der Waals surface area contributed by atoms with E-state index in [-0.39, 0.29) is 11.9 Å². The number of hydrogen-bond acceptors (Lipinski definition) is 3. The molecule has 1 N–H and O–H groups in total. The third kappa shape index (κ3) is 4.99. The molecule has 1 amide bonds. The third-order valence-electron chi connectivity index (χ3n) is 4.39. The summed E-state index contributed by atoms with van der Waals surface area (Å²) in [6.07, 6.45) is 0.0692. The van der Waals surface area contributed by atoms with Gasteiger partial charge < -0.3 is 14.8 Å². The minimum atomic E-state index is -0.526. The van der Waals surface area contributed by atoms with Gasteiger partial charge in [0.15, 0.2) is 6.10 Å². The predicted molar refractivity (Wildman–Crippen MR) is 100 cm³/mol. The summed E-state index contributed by atoms with van der Waals surface area (Å²) in [5.41, 5.74) is 3.56. The first-order valence-corrected chi connectivity index (χ1v) is 8.62. The van der Waals surface area contributed by atoms with Crippen molar-refractivity contribution in [3.63, 3.8) is 0 Å². The molecule has 0 aliphatic rings. The van der Waals surface area contributed by atoms with Crippen molar-refractivity contribution in [2.45, 2.75) is 46.3 Å². The van der Waals surface area contributed by atoms with Gasteiger partial charge in [0.1, 0.15) is 11.5 Å². The van der Waals surface area contributed by atoms with E-state index in [4.69, 9.17) is 9.47 Å². The van der Waals surface area contributed by atoms with E-state index >= 15 is 0 Å². The zero-order chi connectivity index (χ0) is 18.4. The van der Waals surface area contributed by atoms with E-state index in [9.17, 15) is 4.79 Å². The molecule has 0 radical (unpaired) electrons. The fraction of sp³-hybridized carbons (Fsp3) is 0.381. The molecule has 0 saturated heterocycles. The molecular weight excluding hydrogens is 314 g/mol. The molecule has 0 heterocycles. The van der Waals surface area contributed by atoms with Crippen LogP contribution in [0, 0.1) is 13.8 Å². The fourth-order valence-electron chi connectivity index (χ4n) is 2.56. The second kappa shape index (κ2) is 8.56. The van der Waals surface area contributed by atoms with Crippen molar-refractivity contribution >= 4 is 5.91 Å². The van der Waals surface area contributed by atoms with Crippen LogP contribution in [-0.4, -0.2) is 19.1 Å². The molecule has 25 heavy (non-hydrogen) atoms. The quantitative estimate of drug-likeness (QED) is 0.814. The molecule has 0 spiro atoms. The van der Waals surface area contributed by atoms with Crippen LogP contribution in [0.1, 0.15) is 43.0 Å². The Bertz CT molecular complexity index is 710. The summed E-state index contributed by atoms with van der Waals surface area (Å²) in [4.78, 5) is 12.6. The highest BCUT2D eigenvalue weighted by Gasteiger charge is 2.21. The number of ether oxygens (including phenoxy) is 2. The van der Waals surface area contributed by atoms with Crippen LogP contribution in [0.5, 0.6) is 11.5 Å². The van der Waals surface area contributed by atoms with E-state index in [1.165, 1.54) is 11.1 Å².